The van der Waals surface area contributed by atoms with Crippen LogP contribution in [-0.4, -0.2) is 63.3 Å². The third-order valence-electron chi connectivity index (χ3n) is 2.95. The van der Waals surface area contributed by atoms with Crippen molar-refractivity contribution in [3.63, 3.8) is 0 Å². The molecule has 0 aliphatic rings. The second kappa shape index (κ2) is 10.7. The minimum absolute atomic E-state index is 0.0914. The number of rotatable bonds is 8. The van der Waals surface area contributed by atoms with Crippen LogP contribution in [0.1, 0.15) is 27.2 Å². The molecule has 0 aromatic carbocycles. The second-order valence-corrected chi connectivity index (χ2v) is 6.19. The lowest BCUT2D eigenvalue weighted by Crippen LogP contribution is -2.46. The van der Waals surface area contributed by atoms with Crippen molar-refractivity contribution in [2.75, 3.05) is 33.9 Å². The van der Waals surface area contributed by atoms with Gasteiger partial charge in [-0.05, 0) is 20.8 Å². The molecule has 0 amide bonds. The minimum atomic E-state index is -4.42. The van der Waals surface area contributed by atoms with Crippen LogP contribution >= 0.6 is 0 Å². The van der Waals surface area contributed by atoms with E-state index in [4.69, 9.17) is 4.74 Å². The van der Waals surface area contributed by atoms with E-state index in [9.17, 15) is 17.8 Å². The molecule has 0 saturated heterocycles. The molecule has 0 fully saturated rings. The normalized spacial score (nSPS) is 11.6. The molecule has 0 heterocycles. The van der Waals surface area contributed by atoms with E-state index in [1.54, 1.807) is 0 Å². The van der Waals surface area contributed by atoms with E-state index < -0.39 is 10.4 Å². The minimum Gasteiger partial charge on any atom is -0.726 e. The van der Waals surface area contributed by atoms with Gasteiger partial charge in [0, 0.05) is 12.5 Å². The third kappa shape index (κ3) is 15.3. The van der Waals surface area contributed by atoms with Crippen LogP contribution in [0.5, 0.6) is 0 Å². The Labute approximate surface area is 128 Å². The smallest absolute Gasteiger partial charge is 0.330 e. The first kappa shape index (κ1) is 22.3. The lowest BCUT2D eigenvalue weighted by Gasteiger charge is -2.34. The number of ether oxygens (including phenoxy) is 1. The van der Waals surface area contributed by atoms with Crippen LogP contribution in [0.15, 0.2) is 12.7 Å². The van der Waals surface area contributed by atoms with Crippen molar-refractivity contribution in [1.29, 1.82) is 0 Å². The molecule has 0 atom stereocenters. The van der Waals surface area contributed by atoms with Gasteiger partial charge in [0.2, 0.25) is 10.4 Å². The van der Waals surface area contributed by atoms with Gasteiger partial charge in [-0.2, -0.15) is 0 Å². The fraction of sp³-hybridized carbons (Fsp3) is 0.769. The molecule has 126 valence electrons. The van der Waals surface area contributed by atoms with Crippen LogP contribution in [0.3, 0.4) is 0 Å². The molecule has 0 aromatic heterocycles. The summed E-state index contributed by atoms with van der Waals surface area (Å²) in [5, 5.41) is 0. The van der Waals surface area contributed by atoms with E-state index in [1.807, 2.05) is 0 Å². The lowest BCUT2D eigenvalue weighted by atomic mass is 10.2. The maximum absolute atomic E-state index is 10.7. The van der Waals surface area contributed by atoms with Crippen LogP contribution in [0.2, 0.25) is 0 Å². The van der Waals surface area contributed by atoms with Crippen LogP contribution < -0.4 is 0 Å². The van der Waals surface area contributed by atoms with Crippen molar-refractivity contribution in [3.8, 4) is 0 Å². The van der Waals surface area contributed by atoms with Gasteiger partial charge in [-0.25, -0.2) is 13.2 Å². The Balaban J connectivity index is 0. The summed E-state index contributed by atoms with van der Waals surface area (Å²) in [6, 6.07) is 0.588. The number of nitrogens with zero attached hydrogens (tertiary/aromatic N) is 1. The van der Waals surface area contributed by atoms with Crippen molar-refractivity contribution in [2.24, 2.45) is 0 Å². The lowest BCUT2D eigenvalue weighted by molar-refractivity contribution is -0.911. The molecule has 0 aromatic rings. The van der Waals surface area contributed by atoms with Gasteiger partial charge in [0.15, 0.2) is 0 Å². The highest BCUT2D eigenvalue weighted by molar-refractivity contribution is 7.80. The summed E-state index contributed by atoms with van der Waals surface area (Å²) >= 11 is 0. The van der Waals surface area contributed by atoms with Gasteiger partial charge in [0.1, 0.15) is 0 Å². The quantitative estimate of drug-likeness (QED) is 0.165. The standard InChI is InChI=1S/C11H22NO2.C2H6O4S/c1-6-11(13)14-9-7-8-12(4,5)10(2)3;1-2-6-7(3,4)5/h6,10H,1,7-9H2,2-5H3;2H2,1H3,(H,3,4,5)/q+1;/p-1. The van der Waals surface area contributed by atoms with Gasteiger partial charge < -0.3 is 13.8 Å². The first-order valence-electron chi connectivity index (χ1n) is 6.68. The number of quaternary nitrogens is 1. The molecule has 0 spiro atoms. The van der Waals surface area contributed by atoms with Gasteiger partial charge in [-0.1, -0.05) is 6.58 Å². The Hall–Kier alpha value is -0.960. The van der Waals surface area contributed by atoms with Crippen molar-refractivity contribution < 1.29 is 31.2 Å². The Morgan fingerprint density at radius 2 is 1.90 bits per heavy atom. The Morgan fingerprint density at radius 3 is 2.19 bits per heavy atom. The van der Waals surface area contributed by atoms with Crippen molar-refractivity contribution in [3.05, 3.63) is 12.7 Å². The largest absolute Gasteiger partial charge is 0.726 e. The highest BCUT2D eigenvalue weighted by atomic mass is 32.3. The Bertz CT molecular complexity index is 403. The molecule has 7 nitrogen and oxygen atoms in total. The number of carbonyl (C=O) groups is 1. The summed E-state index contributed by atoms with van der Waals surface area (Å²) in [4.78, 5) is 10.7. The average Bonchev–Trinajstić information content (AvgIpc) is 2.33. The fourth-order valence-electron chi connectivity index (χ4n) is 1.11. The molecular formula is C13H27NO6S. The highest BCUT2D eigenvalue weighted by Gasteiger charge is 2.18. The molecule has 0 radical (unpaired) electrons. The maximum atomic E-state index is 10.7. The van der Waals surface area contributed by atoms with E-state index in [2.05, 4.69) is 38.7 Å². The first-order chi connectivity index (χ1) is 9.46. The van der Waals surface area contributed by atoms with E-state index in [0.717, 1.165) is 17.4 Å². The fourth-order valence-corrected chi connectivity index (χ4v) is 1.39. The van der Waals surface area contributed by atoms with Crippen molar-refractivity contribution >= 4 is 16.4 Å². The summed E-state index contributed by atoms with van der Waals surface area (Å²) in [6.07, 6.45) is 2.09. The zero-order valence-corrected chi connectivity index (χ0v) is 14.3. The van der Waals surface area contributed by atoms with Crippen molar-refractivity contribution in [1.82, 2.24) is 0 Å². The molecule has 0 N–H and O–H groups in total. The van der Waals surface area contributed by atoms with Gasteiger partial charge in [-0.15, -0.1) is 0 Å². The molecule has 0 bridgehead atoms. The number of hydrogen-bond acceptors (Lipinski definition) is 6. The van der Waals surface area contributed by atoms with Gasteiger partial charge in [0.25, 0.3) is 0 Å². The van der Waals surface area contributed by atoms with Crippen LogP contribution in [0.25, 0.3) is 0 Å². The number of hydrogen-bond donors (Lipinski definition) is 0. The summed E-state index contributed by atoms with van der Waals surface area (Å²) in [6.45, 7) is 10.6. The summed E-state index contributed by atoms with van der Waals surface area (Å²) < 4.78 is 37.9. The van der Waals surface area contributed by atoms with Crippen LogP contribution in [0.4, 0.5) is 0 Å². The maximum Gasteiger partial charge on any atom is 0.330 e. The van der Waals surface area contributed by atoms with Gasteiger partial charge in [0.05, 0.1) is 39.9 Å². The molecule has 0 saturated carbocycles. The highest BCUT2D eigenvalue weighted by Crippen LogP contribution is 2.06. The molecule has 21 heavy (non-hydrogen) atoms. The number of carbonyl (C=O) groups excluding carboxylic acids is 1. The molecule has 0 unspecified atom stereocenters. The predicted molar refractivity (Wildman–Crippen MR) is 79.2 cm³/mol. The van der Waals surface area contributed by atoms with Crippen LogP contribution in [0, 0.1) is 0 Å². The zero-order valence-electron chi connectivity index (χ0n) is 13.5. The molecule has 0 rings (SSSR count). The second-order valence-electron chi connectivity index (χ2n) is 5.14. The summed E-state index contributed by atoms with van der Waals surface area (Å²) in [7, 11) is -0.0631. The van der Waals surface area contributed by atoms with E-state index >= 15 is 0 Å². The van der Waals surface area contributed by atoms with Gasteiger partial charge in [-0.3, -0.25) is 4.18 Å². The third-order valence-corrected chi connectivity index (χ3v) is 3.47. The Kier molecular flexibility index (Phi) is 11.4. The van der Waals surface area contributed by atoms with Gasteiger partial charge >= 0.3 is 5.97 Å². The zero-order chi connectivity index (χ0) is 17.1. The average molecular weight is 325 g/mol. The topological polar surface area (TPSA) is 92.7 Å². The molecule has 0 aliphatic carbocycles. The number of esters is 1. The van der Waals surface area contributed by atoms with E-state index in [-0.39, 0.29) is 12.6 Å². The van der Waals surface area contributed by atoms with E-state index in [0.29, 0.717) is 12.6 Å². The molecule has 8 heteroatoms. The first-order valence-corrected chi connectivity index (χ1v) is 8.01. The van der Waals surface area contributed by atoms with E-state index in [1.165, 1.54) is 13.0 Å². The summed E-state index contributed by atoms with van der Waals surface area (Å²) in [5.41, 5.74) is 0. The molecular weight excluding hydrogens is 298 g/mol. The summed E-state index contributed by atoms with van der Waals surface area (Å²) in [5.74, 6) is -0.333. The molecule has 0 aliphatic heterocycles. The SMILES string of the molecule is C=CC(=O)OCCC[N+](C)(C)C(C)C.CCOS(=O)(=O)[O-]. The van der Waals surface area contributed by atoms with Crippen molar-refractivity contribution in [2.45, 2.75) is 33.2 Å². The van der Waals surface area contributed by atoms with Crippen LogP contribution in [-0.2, 0) is 24.1 Å². The monoisotopic (exact) mass is 325 g/mol. The Morgan fingerprint density at radius 1 is 1.38 bits per heavy atom. The predicted octanol–water partition coefficient (Wildman–Crippen LogP) is 1.07.